The predicted molar refractivity (Wildman–Crippen MR) is 81.0 cm³/mol. The molecule has 1 saturated heterocycles. The van der Waals surface area contributed by atoms with Crippen LogP contribution in [0.5, 0.6) is 0 Å². The SMILES string of the molecule is CC(Cc1ccc(Br)cc1)NC1CCN(C)CC1. The number of nitrogens with zero attached hydrogens (tertiary/aromatic N) is 1. The van der Waals surface area contributed by atoms with Crippen LogP contribution in [0.15, 0.2) is 28.7 Å². The Labute approximate surface area is 119 Å². The monoisotopic (exact) mass is 310 g/mol. The molecule has 0 radical (unpaired) electrons. The van der Waals surface area contributed by atoms with Crippen LogP contribution in [0.4, 0.5) is 0 Å². The molecule has 1 aliphatic heterocycles. The third-order valence-corrected chi connectivity index (χ3v) is 4.22. The van der Waals surface area contributed by atoms with Crippen molar-refractivity contribution in [2.24, 2.45) is 0 Å². The summed E-state index contributed by atoms with van der Waals surface area (Å²) in [7, 11) is 2.21. The van der Waals surface area contributed by atoms with Gasteiger partial charge in [-0.05, 0) is 64.0 Å². The first-order chi connectivity index (χ1) is 8.63. The van der Waals surface area contributed by atoms with Gasteiger partial charge in [0, 0.05) is 16.6 Å². The van der Waals surface area contributed by atoms with Gasteiger partial charge >= 0.3 is 0 Å². The summed E-state index contributed by atoms with van der Waals surface area (Å²) in [5, 5.41) is 3.76. The fourth-order valence-electron chi connectivity index (χ4n) is 2.61. The highest BCUT2D eigenvalue weighted by molar-refractivity contribution is 9.10. The summed E-state index contributed by atoms with van der Waals surface area (Å²) >= 11 is 3.48. The molecule has 1 aliphatic rings. The Morgan fingerprint density at radius 3 is 2.50 bits per heavy atom. The Kier molecular flexibility index (Phi) is 5.22. The summed E-state index contributed by atoms with van der Waals surface area (Å²) in [5.74, 6) is 0. The molecule has 100 valence electrons. The minimum absolute atomic E-state index is 0.555. The number of halogens is 1. The maximum absolute atomic E-state index is 3.76. The van der Waals surface area contributed by atoms with E-state index in [0.29, 0.717) is 12.1 Å². The summed E-state index contributed by atoms with van der Waals surface area (Å²) in [5.41, 5.74) is 1.41. The maximum Gasteiger partial charge on any atom is 0.0175 e. The second-order valence-electron chi connectivity index (χ2n) is 5.48. The van der Waals surface area contributed by atoms with Gasteiger partial charge < -0.3 is 10.2 Å². The number of piperidine rings is 1. The maximum atomic E-state index is 3.76. The van der Waals surface area contributed by atoms with Crippen LogP contribution in [0.1, 0.15) is 25.3 Å². The molecule has 0 amide bonds. The quantitative estimate of drug-likeness (QED) is 0.919. The summed E-state index contributed by atoms with van der Waals surface area (Å²) in [6.45, 7) is 4.74. The van der Waals surface area contributed by atoms with E-state index in [1.807, 2.05) is 0 Å². The van der Waals surface area contributed by atoms with Gasteiger partial charge in [0.15, 0.2) is 0 Å². The average Bonchev–Trinajstić information content (AvgIpc) is 2.35. The zero-order valence-corrected chi connectivity index (χ0v) is 12.9. The van der Waals surface area contributed by atoms with Gasteiger partial charge in [-0.1, -0.05) is 28.1 Å². The number of nitrogens with one attached hydrogen (secondary N) is 1. The van der Waals surface area contributed by atoms with E-state index in [-0.39, 0.29) is 0 Å². The van der Waals surface area contributed by atoms with Gasteiger partial charge in [0.05, 0.1) is 0 Å². The fraction of sp³-hybridized carbons (Fsp3) is 0.600. The highest BCUT2D eigenvalue weighted by Crippen LogP contribution is 2.13. The van der Waals surface area contributed by atoms with Crippen LogP contribution in [0.2, 0.25) is 0 Å². The van der Waals surface area contributed by atoms with Gasteiger partial charge in [-0.25, -0.2) is 0 Å². The molecule has 0 spiro atoms. The molecule has 2 nitrogen and oxygen atoms in total. The van der Waals surface area contributed by atoms with E-state index in [9.17, 15) is 0 Å². The lowest BCUT2D eigenvalue weighted by Crippen LogP contribution is -2.44. The van der Waals surface area contributed by atoms with Gasteiger partial charge in [0.1, 0.15) is 0 Å². The highest BCUT2D eigenvalue weighted by Gasteiger charge is 2.17. The summed E-state index contributed by atoms with van der Waals surface area (Å²) in [6, 6.07) is 9.91. The van der Waals surface area contributed by atoms with E-state index in [2.05, 4.69) is 64.4 Å². The normalized spacial score (nSPS) is 19.9. The number of likely N-dealkylation sites (tertiary alicyclic amines) is 1. The van der Waals surface area contributed by atoms with E-state index in [0.717, 1.165) is 10.9 Å². The van der Waals surface area contributed by atoms with Crippen LogP contribution < -0.4 is 5.32 Å². The average molecular weight is 311 g/mol. The Bertz CT molecular complexity index is 355. The second kappa shape index (κ2) is 6.69. The zero-order valence-electron chi connectivity index (χ0n) is 11.3. The van der Waals surface area contributed by atoms with Gasteiger partial charge in [-0.2, -0.15) is 0 Å². The highest BCUT2D eigenvalue weighted by atomic mass is 79.9. The molecule has 2 rings (SSSR count). The Balaban J connectivity index is 1.78. The van der Waals surface area contributed by atoms with E-state index < -0.39 is 0 Å². The third kappa shape index (κ3) is 4.38. The fourth-order valence-corrected chi connectivity index (χ4v) is 2.87. The Hall–Kier alpha value is -0.380. The van der Waals surface area contributed by atoms with Crippen molar-refractivity contribution in [3.8, 4) is 0 Å². The van der Waals surface area contributed by atoms with Crippen molar-refractivity contribution in [2.75, 3.05) is 20.1 Å². The molecule has 3 heteroatoms. The molecular formula is C15H23BrN2. The van der Waals surface area contributed by atoms with Crippen LogP contribution in [-0.4, -0.2) is 37.1 Å². The van der Waals surface area contributed by atoms with Crippen molar-refractivity contribution in [2.45, 2.75) is 38.3 Å². The van der Waals surface area contributed by atoms with E-state index in [1.165, 1.54) is 31.5 Å². The molecule has 1 heterocycles. The predicted octanol–water partition coefficient (Wildman–Crippen LogP) is 3.06. The number of rotatable bonds is 4. The molecule has 0 saturated carbocycles. The minimum atomic E-state index is 0.555. The largest absolute Gasteiger partial charge is 0.311 e. The van der Waals surface area contributed by atoms with Crippen molar-refractivity contribution in [1.29, 1.82) is 0 Å². The first-order valence-corrected chi connectivity index (χ1v) is 7.62. The van der Waals surface area contributed by atoms with Gasteiger partial charge in [0.2, 0.25) is 0 Å². The topological polar surface area (TPSA) is 15.3 Å². The van der Waals surface area contributed by atoms with Crippen LogP contribution in [-0.2, 0) is 6.42 Å². The van der Waals surface area contributed by atoms with Crippen molar-refractivity contribution in [1.82, 2.24) is 10.2 Å². The molecule has 1 N–H and O–H groups in total. The van der Waals surface area contributed by atoms with Gasteiger partial charge in [-0.15, -0.1) is 0 Å². The lowest BCUT2D eigenvalue weighted by molar-refractivity contribution is 0.226. The van der Waals surface area contributed by atoms with Crippen molar-refractivity contribution >= 4 is 15.9 Å². The molecule has 0 aliphatic carbocycles. The number of hydrogen-bond acceptors (Lipinski definition) is 2. The Morgan fingerprint density at radius 1 is 1.28 bits per heavy atom. The van der Waals surface area contributed by atoms with Crippen LogP contribution in [0, 0.1) is 0 Å². The van der Waals surface area contributed by atoms with Gasteiger partial charge in [-0.3, -0.25) is 0 Å². The summed E-state index contributed by atoms with van der Waals surface area (Å²) < 4.78 is 1.15. The third-order valence-electron chi connectivity index (χ3n) is 3.69. The number of benzene rings is 1. The Morgan fingerprint density at radius 2 is 1.89 bits per heavy atom. The zero-order chi connectivity index (χ0) is 13.0. The molecule has 1 aromatic rings. The van der Waals surface area contributed by atoms with Crippen molar-refractivity contribution < 1.29 is 0 Å². The minimum Gasteiger partial charge on any atom is -0.311 e. The summed E-state index contributed by atoms with van der Waals surface area (Å²) in [6.07, 6.45) is 3.67. The smallest absolute Gasteiger partial charge is 0.0175 e. The first kappa shape index (κ1) is 14.0. The molecular weight excluding hydrogens is 288 g/mol. The lowest BCUT2D eigenvalue weighted by atomic mass is 10.0. The molecule has 0 aromatic heterocycles. The number of hydrogen-bond donors (Lipinski definition) is 1. The molecule has 1 atom stereocenters. The van der Waals surface area contributed by atoms with Crippen molar-refractivity contribution in [3.05, 3.63) is 34.3 Å². The standard InChI is InChI=1S/C15H23BrN2/c1-12(11-13-3-5-14(16)6-4-13)17-15-7-9-18(2)10-8-15/h3-6,12,15,17H,7-11H2,1-2H3. The molecule has 18 heavy (non-hydrogen) atoms. The van der Waals surface area contributed by atoms with Crippen LogP contribution in [0.3, 0.4) is 0 Å². The van der Waals surface area contributed by atoms with Crippen LogP contribution in [0.25, 0.3) is 0 Å². The first-order valence-electron chi connectivity index (χ1n) is 6.82. The van der Waals surface area contributed by atoms with E-state index >= 15 is 0 Å². The molecule has 1 unspecified atom stereocenters. The lowest BCUT2D eigenvalue weighted by Gasteiger charge is -2.31. The van der Waals surface area contributed by atoms with Gasteiger partial charge in [0.25, 0.3) is 0 Å². The van der Waals surface area contributed by atoms with Crippen molar-refractivity contribution in [3.63, 3.8) is 0 Å². The van der Waals surface area contributed by atoms with E-state index in [1.54, 1.807) is 0 Å². The molecule has 1 fully saturated rings. The van der Waals surface area contributed by atoms with Crippen LogP contribution >= 0.6 is 15.9 Å². The second-order valence-corrected chi connectivity index (χ2v) is 6.39. The molecule has 1 aromatic carbocycles. The van der Waals surface area contributed by atoms with E-state index in [4.69, 9.17) is 0 Å². The summed E-state index contributed by atoms with van der Waals surface area (Å²) in [4.78, 5) is 2.41. The molecule has 0 bridgehead atoms.